The van der Waals surface area contributed by atoms with E-state index in [2.05, 4.69) is 15.5 Å². The van der Waals surface area contributed by atoms with Crippen molar-refractivity contribution in [3.8, 4) is 22.5 Å². The van der Waals surface area contributed by atoms with E-state index in [-0.39, 0.29) is 16.5 Å². The van der Waals surface area contributed by atoms with E-state index in [0.717, 1.165) is 22.9 Å². The summed E-state index contributed by atoms with van der Waals surface area (Å²) in [5.41, 5.74) is 3.34. The fraction of sp³-hybridized carbons (Fsp3) is 0.0800. The molecule has 0 aliphatic rings. The molecule has 1 amide bonds. The molecule has 0 saturated heterocycles. The summed E-state index contributed by atoms with van der Waals surface area (Å²) in [5.74, 6) is -1.50. The smallest absolute Gasteiger partial charge is 0.337 e. The highest BCUT2D eigenvalue weighted by molar-refractivity contribution is 8.00. The molecule has 0 fully saturated rings. The maximum atomic E-state index is 12.7. The van der Waals surface area contributed by atoms with Crippen molar-refractivity contribution in [2.24, 2.45) is 0 Å². The van der Waals surface area contributed by atoms with Crippen LogP contribution >= 0.6 is 23.4 Å². The van der Waals surface area contributed by atoms with Crippen molar-refractivity contribution < 1.29 is 14.7 Å². The van der Waals surface area contributed by atoms with Gasteiger partial charge in [0.25, 0.3) is 0 Å². The second kappa shape index (κ2) is 10.5. The largest absolute Gasteiger partial charge is 0.478 e. The maximum absolute atomic E-state index is 12.7. The third-order valence-electron chi connectivity index (χ3n) is 4.88. The van der Waals surface area contributed by atoms with E-state index in [4.69, 9.17) is 16.6 Å². The zero-order chi connectivity index (χ0) is 24.1. The van der Waals surface area contributed by atoms with Crippen molar-refractivity contribution in [3.63, 3.8) is 0 Å². The van der Waals surface area contributed by atoms with Crippen molar-refractivity contribution in [1.29, 1.82) is 0 Å². The lowest BCUT2D eigenvalue weighted by Gasteiger charge is -2.13. The normalized spacial score (nSPS) is 11.6. The molecule has 1 heterocycles. The molecule has 0 aliphatic carbocycles. The number of carboxylic acid groups (broad SMARTS) is 1. The number of hydrogen-bond donors (Lipinski definition) is 2. The highest BCUT2D eigenvalue weighted by atomic mass is 35.5. The minimum absolute atomic E-state index is 0.0868. The van der Waals surface area contributed by atoms with E-state index in [1.807, 2.05) is 60.7 Å². The van der Waals surface area contributed by atoms with Crippen LogP contribution < -0.4 is 5.32 Å². The zero-order valence-electron chi connectivity index (χ0n) is 18.0. The quantitative estimate of drug-likeness (QED) is 0.321. The molecule has 2 N–H and O–H groups in total. The first-order chi connectivity index (χ1) is 16.4. The standard InChI is InChI=1S/C25H19ClN4O3S/c1-15(23(31)27-18-12-13-20(26)19(14-18)24(32)33)34-25-28-21(16-8-4-2-5-9-16)22(29-30-25)17-10-6-3-7-11-17/h2-15H,1H3,(H,27,31)(H,32,33). The number of thioether (sulfide) groups is 1. The number of amides is 1. The molecule has 3 aromatic carbocycles. The van der Waals surface area contributed by atoms with Crippen LogP contribution in [0.3, 0.4) is 0 Å². The van der Waals surface area contributed by atoms with Gasteiger partial charge in [-0.3, -0.25) is 4.79 Å². The van der Waals surface area contributed by atoms with E-state index < -0.39 is 11.2 Å². The van der Waals surface area contributed by atoms with Crippen LogP contribution in [0.25, 0.3) is 22.5 Å². The first-order valence-electron chi connectivity index (χ1n) is 10.3. The number of nitrogens with one attached hydrogen (secondary N) is 1. The fourth-order valence-electron chi connectivity index (χ4n) is 3.17. The number of carbonyl (C=O) groups excluding carboxylic acids is 1. The molecule has 1 unspecified atom stereocenters. The average molecular weight is 491 g/mol. The van der Waals surface area contributed by atoms with Gasteiger partial charge >= 0.3 is 5.97 Å². The van der Waals surface area contributed by atoms with Crippen molar-refractivity contribution in [1.82, 2.24) is 15.2 Å². The van der Waals surface area contributed by atoms with Crippen LogP contribution in [0, 0.1) is 0 Å². The number of aromatic carboxylic acids is 1. The Balaban J connectivity index is 1.57. The van der Waals surface area contributed by atoms with Gasteiger partial charge in [0.1, 0.15) is 11.4 Å². The summed E-state index contributed by atoms with van der Waals surface area (Å²) in [7, 11) is 0. The van der Waals surface area contributed by atoms with Gasteiger partial charge in [-0.05, 0) is 25.1 Å². The molecule has 4 aromatic rings. The predicted octanol–water partition coefficient (Wildman–Crippen LogP) is 5.68. The topological polar surface area (TPSA) is 105 Å². The molecule has 4 rings (SSSR count). The Morgan fingerprint density at radius 2 is 1.53 bits per heavy atom. The van der Waals surface area contributed by atoms with Gasteiger partial charge in [-0.15, -0.1) is 10.2 Å². The Kier molecular flexibility index (Phi) is 7.20. The number of carbonyl (C=O) groups is 2. The van der Waals surface area contributed by atoms with E-state index in [0.29, 0.717) is 22.2 Å². The summed E-state index contributed by atoms with van der Waals surface area (Å²) < 4.78 is 0. The minimum atomic E-state index is -1.17. The van der Waals surface area contributed by atoms with Gasteiger partial charge in [0.15, 0.2) is 0 Å². The van der Waals surface area contributed by atoms with Gasteiger partial charge in [0.2, 0.25) is 11.1 Å². The lowest BCUT2D eigenvalue weighted by Crippen LogP contribution is -2.23. The van der Waals surface area contributed by atoms with Gasteiger partial charge in [0.05, 0.1) is 15.8 Å². The fourth-order valence-corrected chi connectivity index (χ4v) is 4.08. The molecule has 0 bridgehead atoms. The summed E-state index contributed by atoms with van der Waals surface area (Å²) in [5, 5.41) is 20.5. The minimum Gasteiger partial charge on any atom is -0.478 e. The Labute approximate surface area is 205 Å². The molecule has 7 nitrogen and oxygen atoms in total. The van der Waals surface area contributed by atoms with Gasteiger partial charge < -0.3 is 10.4 Å². The van der Waals surface area contributed by atoms with Gasteiger partial charge in [-0.1, -0.05) is 84.0 Å². The Hall–Kier alpha value is -3.75. The molecular formula is C25H19ClN4O3S. The number of nitrogens with zero attached hydrogens (tertiary/aromatic N) is 3. The lowest BCUT2D eigenvalue weighted by atomic mass is 10.0. The number of carboxylic acids is 1. The number of anilines is 1. The first-order valence-corrected chi connectivity index (χ1v) is 11.5. The summed E-state index contributed by atoms with van der Waals surface area (Å²) in [6.07, 6.45) is 0. The highest BCUT2D eigenvalue weighted by Gasteiger charge is 2.20. The molecule has 0 aliphatic heterocycles. The lowest BCUT2D eigenvalue weighted by molar-refractivity contribution is -0.115. The molecule has 1 atom stereocenters. The molecule has 1 aromatic heterocycles. The van der Waals surface area contributed by atoms with Crippen LogP contribution in [-0.4, -0.2) is 37.4 Å². The van der Waals surface area contributed by atoms with Crippen LogP contribution in [0.2, 0.25) is 5.02 Å². The molecule has 0 spiro atoms. The summed E-state index contributed by atoms with van der Waals surface area (Å²) in [4.78, 5) is 28.7. The Morgan fingerprint density at radius 1 is 0.912 bits per heavy atom. The number of benzene rings is 3. The van der Waals surface area contributed by atoms with Crippen LogP contribution in [0.15, 0.2) is 84.0 Å². The Bertz CT molecular complexity index is 1340. The SMILES string of the molecule is CC(Sc1nnc(-c2ccccc2)c(-c2ccccc2)n1)C(=O)Nc1ccc(Cl)c(C(=O)O)c1. The third-order valence-corrected chi connectivity index (χ3v) is 6.16. The average Bonchev–Trinajstić information content (AvgIpc) is 2.86. The van der Waals surface area contributed by atoms with E-state index in [1.165, 1.54) is 12.1 Å². The maximum Gasteiger partial charge on any atom is 0.337 e. The Morgan fingerprint density at radius 3 is 2.15 bits per heavy atom. The van der Waals surface area contributed by atoms with Crippen molar-refractivity contribution >= 4 is 40.9 Å². The van der Waals surface area contributed by atoms with Crippen LogP contribution in [-0.2, 0) is 4.79 Å². The summed E-state index contributed by atoms with van der Waals surface area (Å²) in [6.45, 7) is 1.71. The van der Waals surface area contributed by atoms with Gasteiger partial charge in [-0.25, -0.2) is 9.78 Å². The number of aromatic nitrogens is 3. The number of hydrogen-bond acceptors (Lipinski definition) is 6. The van der Waals surface area contributed by atoms with Gasteiger partial charge in [0, 0.05) is 16.8 Å². The van der Waals surface area contributed by atoms with Crippen molar-refractivity contribution in [3.05, 3.63) is 89.4 Å². The first kappa shape index (κ1) is 23.4. The second-order valence-corrected chi connectivity index (χ2v) is 8.99. The number of rotatable bonds is 7. The second-order valence-electron chi connectivity index (χ2n) is 7.27. The van der Waals surface area contributed by atoms with Crippen LogP contribution in [0.1, 0.15) is 17.3 Å². The highest BCUT2D eigenvalue weighted by Crippen LogP contribution is 2.31. The zero-order valence-corrected chi connectivity index (χ0v) is 19.5. The molecule has 9 heteroatoms. The third kappa shape index (κ3) is 5.41. The summed E-state index contributed by atoms with van der Waals surface area (Å²) >= 11 is 7.06. The van der Waals surface area contributed by atoms with Crippen molar-refractivity contribution in [2.75, 3.05) is 5.32 Å². The molecule has 34 heavy (non-hydrogen) atoms. The molecule has 0 saturated carbocycles. The van der Waals surface area contributed by atoms with Crippen LogP contribution in [0.4, 0.5) is 5.69 Å². The summed E-state index contributed by atoms with van der Waals surface area (Å²) in [6, 6.07) is 23.6. The predicted molar refractivity (Wildman–Crippen MR) is 133 cm³/mol. The van der Waals surface area contributed by atoms with E-state index >= 15 is 0 Å². The number of halogens is 1. The molecular weight excluding hydrogens is 472 g/mol. The van der Waals surface area contributed by atoms with Crippen molar-refractivity contribution in [2.45, 2.75) is 17.3 Å². The molecule has 170 valence electrons. The van der Waals surface area contributed by atoms with E-state index in [9.17, 15) is 14.7 Å². The van der Waals surface area contributed by atoms with Gasteiger partial charge in [-0.2, -0.15) is 0 Å². The van der Waals surface area contributed by atoms with E-state index in [1.54, 1.807) is 13.0 Å². The monoisotopic (exact) mass is 490 g/mol. The van der Waals surface area contributed by atoms with Crippen LogP contribution in [0.5, 0.6) is 0 Å². The molecule has 0 radical (unpaired) electrons.